The van der Waals surface area contributed by atoms with Gasteiger partial charge in [-0.05, 0) is 38.7 Å². The third-order valence-corrected chi connectivity index (χ3v) is 3.75. The topological polar surface area (TPSA) is 54.6 Å². The number of fused-ring (bicyclic) bond motifs is 1. The summed E-state index contributed by atoms with van der Waals surface area (Å²) in [4.78, 5) is 11.9. The Hall–Kier alpha value is -1.84. The Balaban J connectivity index is 1.66. The number of amides is 1. The lowest BCUT2D eigenvalue weighted by atomic mass is 9.74. The lowest BCUT2D eigenvalue weighted by Crippen LogP contribution is -2.35. The van der Waals surface area contributed by atoms with Gasteiger partial charge in [-0.3, -0.25) is 4.79 Å². The average molecular weight is 244 g/mol. The van der Waals surface area contributed by atoms with Gasteiger partial charge in [0.1, 0.15) is 11.5 Å². The number of carbonyl (C=O) groups excluding carboxylic acids is 1. The third kappa shape index (κ3) is 1.78. The van der Waals surface area contributed by atoms with Crippen molar-refractivity contribution in [2.75, 3.05) is 0 Å². The van der Waals surface area contributed by atoms with Crippen molar-refractivity contribution in [2.45, 2.75) is 26.7 Å². The van der Waals surface area contributed by atoms with Crippen LogP contribution in [-0.4, -0.2) is 11.6 Å². The standard InChI is InChI=1S/C14H16N2O2/c1-8-6-12(9(2)18-8)14(17)16-15-13-7-10-4-3-5-11(10)13/h3-4,6,10-11H,5,7H2,1-2H3,(H,16,17)/b15-13-/t10-,11+/m0/s1. The first-order chi connectivity index (χ1) is 8.65. The molecule has 1 heterocycles. The van der Waals surface area contributed by atoms with E-state index in [0.717, 1.165) is 24.3 Å². The monoisotopic (exact) mass is 244 g/mol. The van der Waals surface area contributed by atoms with Crippen molar-refractivity contribution in [3.63, 3.8) is 0 Å². The summed E-state index contributed by atoms with van der Waals surface area (Å²) in [7, 11) is 0. The molecule has 3 rings (SSSR count). The second-order valence-electron chi connectivity index (χ2n) is 5.01. The molecule has 4 nitrogen and oxygen atoms in total. The molecular weight excluding hydrogens is 228 g/mol. The molecule has 4 heteroatoms. The van der Waals surface area contributed by atoms with Crippen molar-refractivity contribution in [3.8, 4) is 0 Å². The fourth-order valence-electron chi connectivity index (χ4n) is 2.70. The van der Waals surface area contributed by atoms with Crippen molar-refractivity contribution in [1.29, 1.82) is 0 Å². The number of hydrogen-bond donors (Lipinski definition) is 1. The van der Waals surface area contributed by atoms with E-state index in [0.29, 0.717) is 23.2 Å². The molecule has 1 fully saturated rings. The lowest BCUT2D eigenvalue weighted by molar-refractivity contribution is 0.0952. The summed E-state index contributed by atoms with van der Waals surface area (Å²) in [5.74, 6) is 2.37. The highest BCUT2D eigenvalue weighted by molar-refractivity contribution is 5.98. The van der Waals surface area contributed by atoms with E-state index in [-0.39, 0.29) is 5.91 Å². The number of aryl methyl sites for hydroxylation is 2. The zero-order chi connectivity index (χ0) is 12.7. The Labute approximate surface area is 106 Å². The van der Waals surface area contributed by atoms with Gasteiger partial charge in [0.05, 0.1) is 5.56 Å². The SMILES string of the molecule is Cc1cc(C(=O)N/N=C2/C[C@@H]3C=CC[C@@H]23)c(C)o1. The van der Waals surface area contributed by atoms with Crippen LogP contribution in [0.2, 0.25) is 0 Å². The van der Waals surface area contributed by atoms with E-state index < -0.39 is 0 Å². The molecule has 0 aromatic carbocycles. The lowest BCUT2D eigenvalue weighted by Gasteiger charge is -2.31. The van der Waals surface area contributed by atoms with Gasteiger partial charge < -0.3 is 4.42 Å². The predicted octanol–water partition coefficient (Wildman–Crippen LogP) is 2.58. The fraction of sp³-hybridized carbons (Fsp3) is 0.429. The maximum atomic E-state index is 11.9. The highest BCUT2D eigenvalue weighted by Crippen LogP contribution is 2.40. The first kappa shape index (κ1) is 11.3. The molecule has 0 unspecified atom stereocenters. The van der Waals surface area contributed by atoms with E-state index in [9.17, 15) is 4.79 Å². The molecule has 2 aliphatic rings. The second kappa shape index (κ2) is 4.12. The van der Waals surface area contributed by atoms with Crippen LogP contribution in [0.1, 0.15) is 34.7 Å². The van der Waals surface area contributed by atoms with E-state index in [2.05, 4.69) is 22.7 Å². The zero-order valence-electron chi connectivity index (χ0n) is 10.6. The smallest absolute Gasteiger partial charge is 0.274 e. The molecule has 18 heavy (non-hydrogen) atoms. The van der Waals surface area contributed by atoms with Crippen molar-refractivity contribution in [3.05, 3.63) is 35.3 Å². The van der Waals surface area contributed by atoms with Crippen LogP contribution < -0.4 is 5.43 Å². The van der Waals surface area contributed by atoms with Gasteiger partial charge in [0.2, 0.25) is 0 Å². The van der Waals surface area contributed by atoms with E-state index >= 15 is 0 Å². The highest BCUT2D eigenvalue weighted by atomic mass is 16.3. The summed E-state index contributed by atoms with van der Waals surface area (Å²) in [6, 6.07) is 1.74. The molecule has 2 atom stereocenters. The predicted molar refractivity (Wildman–Crippen MR) is 68.4 cm³/mol. The fourth-order valence-corrected chi connectivity index (χ4v) is 2.70. The van der Waals surface area contributed by atoms with Crippen LogP contribution >= 0.6 is 0 Å². The van der Waals surface area contributed by atoms with Crippen LogP contribution in [0.25, 0.3) is 0 Å². The zero-order valence-corrected chi connectivity index (χ0v) is 10.6. The minimum atomic E-state index is -0.189. The van der Waals surface area contributed by atoms with E-state index in [1.54, 1.807) is 13.0 Å². The summed E-state index contributed by atoms with van der Waals surface area (Å²) >= 11 is 0. The van der Waals surface area contributed by atoms with Gasteiger partial charge in [0, 0.05) is 11.6 Å². The molecule has 0 bridgehead atoms. The minimum Gasteiger partial charge on any atom is -0.466 e. The van der Waals surface area contributed by atoms with Crippen LogP contribution in [0.5, 0.6) is 0 Å². The molecule has 0 radical (unpaired) electrons. The van der Waals surface area contributed by atoms with Gasteiger partial charge in [0.25, 0.3) is 5.91 Å². The summed E-state index contributed by atoms with van der Waals surface area (Å²) < 4.78 is 5.33. The molecule has 0 spiro atoms. The number of rotatable bonds is 2. The van der Waals surface area contributed by atoms with Gasteiger partial charge in [-0.15, -0.1) is 0 Å². The normalized spacial score (nSPS) is 27.1. The summed E-state index contributed by atoms with van der Waals surface area (Å²) in [5.41, 5.74) is 4.30. The van der Waals surface area contributed by atoms with Crippen molar-refractivity contribution < 1.29 is 9.21 Å². The van der Waals surface area contributed by atoms with Crippen LogP contribution in [0.4, 0.5) is 0 Å². The maximum Gasteiger partial charge on any atom is 0.274 e. The average Bonchev–Trinajstić information content (AvgIpc) is 2.82. The molecular formula is C14H16N2O2. The number of hydrazone groups is 1. The highest BCUT2D eigenvalue weighted by Gasteiger charge is 2.38. The Kier molecular flexibility index (Phi) is 2.58. The largest absolute Gasteiger partial charge is 0.466 e. The molecule has 1 aromatic heterocycles. The minimum absolute atomic E-state index is 0.189. The molecule has 1 N–H and O–H groups in total. The molecule has 1 amide bonds. The maximum absolute atomic E-state index is 11.9. The third-order valence-electron chi connectivity index (χ3n) is 3.75. The van der Waals surface area contributed by atoms with Gasteiger partial charge in [-0.2, -0.15) is 5.10 Å². The number of hydrogen-bond acceptors (Lipinski definition) is 3. The molecule has 2 aliphatic carbocycles. The van der Waals surface area contributed by atoms with Gasteiger partial charge >= 0.3 is 0 Å². The summed E-state index contributed by atoms with van der Waals surface area (Å²) in [5, 5.41) is 4.23. The van der Waals surface area contributed by atoms with Crippen LogP contribution in [0.15, 0.2) is 27.7 Å². The second-order valence-corrected chi connectivity index (χ2v) is 5.01. The van der Waals surface area contributed by atoms with Crippen LogP contribution in [0.3, 0.4) is 0 Å². The van der Waals surface area contributed by atoms with E-state index in [4.69, 9.17) is 4.42 Å². The number of nitrogens with zero attached hydrogens (tertiary/aromatic N) is 1. The summed E-state index contributed by atoms with van der Waals surface area (Å²) in [6.45, 7) is 3.62. The Morgan fingerprint density at radius 3 is 3.00 bits per heavy atom. The van der Waals surface area contributed by atoms with Crippen LogP contribution in [-0.2, 0) is 0 Å². The Morgan fingerprint density at radius 1 is 1.50 bits per heavy atom. The van der Waals surface area contributed by atoms with Gasteiger partial charge in [-0.1, -0.05) is 12.2 Å². The quantitative estimate of drug-likeness (QED) is 0.642. The molecule has 0 aliphatic heterocycles. The number of furan rings is 1. The van der Waals surface area contributed by atoms with Crippen molar-refractivity contribution in [1.82, 2.24) is 5.43 Å². The molecule has 1 saturated carbocycles. The Bertz CT molecular complexity index is 554. The van der Waals surface area contributed by atoms with Gasteiger partial charge in [0.15, 0.2) is 0 Å². The van der Waals surface area contributed by atoms with Crippen molar-refractivity contribution >= 4 is 11.6 Å². The molecule has 94 valence electrons. The van der Waals surface area contributed by atoms with E-state index in [1.165, 1.54) is 0 Å². The first-order valence-corrected chi connectivity index (χ1v) is 6.25. The summed E-state index contributed by atoms with van der Waals surface area (Å²) in [6.07, 6.45) is 6.48. The number of carbonyl (C=O) groups is 1. The molecule has 0 saturated heterocycles. The van der Waals surface area contributed by atoms with Gasteiger partial charge in [-0.25, -0.2) is 5.43 Å². The van der Waals surface area contributed by atoms with Crippen molar-refractivity contribution in [2.24, 2.45) is 16.9 Å². The number of nitrogens with one attached hydrogen (secondary N) is 1. The Morgan fingerprint density at radius 2 is 2.33 bits per heavy atom. The van der Waals surface area contributed by atoms with E-state index in [1.807, 2.05) is 6.92 Å². The van der Waals surface area contributed by atoms with Crippen LogP contribution in [0, 0.1) is 25.7 Å². The number of allylic oxidation sites excluding steroid dienone is 2. The first-order valence-electron chi connectivity index (χ1n) is 6.25. The molecule has 1 aromatic rings.